The molecule has 1 fully saturated rings. The summed E-state index contributed by atoms with van der Waals surface area (Å²) in [6.07, 6.45) is 3.44. The minimum absolute atomic E-state index is 0.116. The molecule has 1 rings (SSSR count). The van der Waals surface area contributed by atoms with E-state index in [1.165, 1.54) is 0 Å². The van der Waals surface area contributed by atoms with Crippen LogP contribution in [-0.2, 0) is 9.47 Å². The second-order valence-corrected chi connectivity index (χ2v) is 2.31. The number of ether oxygens (including phenoxy) is 2. The Hall–Kier alpha value is -0.0800. The molecule has 0 amide bonds. The van der Waals surface area contributed by atoms with Crippen molar-refractivity contribution < 1.29 is 9.47 Å². The molecule has 9 heavy (non-hydrogen) atoms. The summed E-state index contributed by atoms with van der Waals surface area (Å²) < 4.78 is 10.6. The summed E-state index contributed by atoms with van der Waals surface area (Å²) in [4.78, 5) is 0. The van der Waals surface area contributed by atoms with Gasteiger partial charge >= 0.3 is 0 Å². The highest BCUT2D eigenvalue weighted by Gasteiger charge is 2.14. The average Bonchev–Trinajstić information content (AvgIpc) is 2.34. The molecular formula is C7H14O2. The highest BCUT2D eigenvalue weighted by Crippen LogP contribution is 2.12. The number of rotatable bonds is 3. The fourth-order valence-electron chi connectivity index (χ4n) is 0.929. The van der Waals surface area contributed by atoms with Crippen molar-refractivity contribution in [2.24, 2.45) is 0 Å². The smallest absolute Gasteiger partial charge is 0.157 e. The van der Waals surface area contributed by atoms with Gasteiger partial charge in [0.2, 0.25) is 0 Å². The molecule has 0 saturated carbocycles. The molecule has 0 aliphatic carbocycles. The fourth-order valence-corrected chi connectivity index (χ4v) is 0.929. The van der Waals surface area contributed by atoms with Gasteiger partial charge in [-0.15, -0.1) is 0 Å². The molecule has 0 bridgehead atoms. The quantitative estimate of drug-likeness (QED) is 0.577. The molecule has 54 valence electrons. The van der Waals surface area contributed by atoms with Crippen molar-refractivity contribution >= 4 is 0 Å². The van der Waals surface area contributed by atoms with Gasteiger partial charge in [0.1, 0.15) is 0 Å². The first-order chi connectivity index (χ1) is 4.43. The second-order valence-electron chi connectivity index (χ2n) is 2.31. The Morgan fingerprint density at radius 3 is 3.11 bits per heavy atom. The molecule has 2 heteroatoms. The lowest BCUT2D eigenvalue weighted by atomic mass is 10.4. The van der Waals surface area contributed by atoms with Crippen LogP contribution in [0.5, 0.6) is 0 Å². The summed E-state index contributed by atoms with van der Waals surface area (Å²) in [5.41, 5.74) is 0. The minimum atomic E-state index is 0.116. The second kappa shape index (κ2) is 3.85. The third-order valence-corrected chi connectivity index (χ3v) is 1.40. The SMILES string of the molecule is CCCOC1CCCO1. The zero-order valence-electron chi connectivity index (χ0n) is 5.93. The Balaban J connectivity index is 1.98. The van der Waals surface area contributed by atoms with Gasteiger partial charge in [0.25, 0.3) is 0 Å². The predicted octanol–water partition coefficient (Wildman–Crippen LogP) is 1.55. The van der Waals surface area contributed by atoms with E-state index in [0.717, 1.165) is 32.5 Å². The van der Waals surface area contributed by atoms with E-state index < -0.39 is 0 Å². The molecule has 1 heterocycles. The summed E-state index contributed by atoms with van der Waals surface area (Å²) >= 11 is 0. The minimum Gasteiger partial charge on any atom is -0.353 e. The molecule has 1 aliphatic rings. The van der Waals surface area contributed by atoms with Crippen molar-refractivity contribution in [2.75, 3.05) is 13.2 Å². The lowest BCUT2D eigenvalue weighted by Crippen LogP contribution is -2.10. The number of hydrogen-bond acceptors (Lipinski definition) is 2. The van der Waals surface area contributed by atoms with Gasteiger partial charge in [-0.2, -0.15) is 0 Å². The summed E-state index contributed by atoms with van der Waals surface area (Å²) in [6, 6.07) is 0. The molecule has 0 N–H and O–H groups in total. The first-order valence-corrected chi connectivity index (χ1v) is 3.66. The Bertz CT molecular complexity index is 67.3. The van der Waals surface area contributed by atoms with Crippen LogP contribution in [0.1, 0.15) is 26.2 Å². The largest absolute Gasteiger partial charge is 0.353 e. The third-order valence-electron chi connectivity index (χ3n) is 1.40. The predicted molar refractivity (Wildman–Crippen MR) is 35.2 cm³/mol. The third kappa shape index (κ3) is 2.33. The van der Waals surface area contributed by atoms with Crippen LogP contribution in [0.15, 0.2) is 0 Å². The van der Waals surface area contributed by atoms with Gasteiger partial charge in [-0.25, -0.2) is 0 Å². The van der Waals surface area contributed by atoms with E-state index in [4.69, 9.17) is 9.47 Å². The van der Waals surface area contributed by atoms with E-state index in [9.17, 15) is 0 Å². The summed E-state index contributed by atoms with van der Waals surface area (Å²) in [6.45, 7) is 3.83. The molecule has 1 atom stereocenters. The maximum absolute atomic E-state index is 5.33. The van der Waals surface area contributed by atoms with E-state index in [1.54, 1.807) is 0 Å². The molecule has 0 spiro atoms. The molecule has 0 radical (unpaired) electrons. The van der Waals surface area contributed by atoms with Crippen LogP contribution in [0.4, 0.5) is 0 Å². The Kier molecular flexibility index (Phi) is 3.01. The maximum atomic E-state index is 5.33. The Morgan fingerprint density at radius 1 is 1.67 bits per heavy atom. The summed E-state index contributed by atoms with van der Waals surface area (Å²) in [5, 5.41) is 0. The fraction of sp³-hybridized carbons (Fsp3) is 1.00. The maximum Gasteiger partial charge on any atom is 0.157 e. The monoisotopic (exact) mass is 130 g/mol. The molecule has 0 aromatic carbocycles. The van der Waals surface area contributed by atoms with Gasteiger partial charge in [-0.1, -0.05) is 6.92 Å². The van der Waals surface area contributed by atoms with Crippen LogP contribution in [0, 0.1) is 0 Å². The van der Waals surface area contributed by atoms with Crippen LogP contribution in [-0.4, -0.2) is 19.5 Å². The summed E-state index contributed by atoms with van der Waals surface area (Å²) in [5.74, 6) is 0. The lowest BCUT2D eigenvalue weighted by Gasteiger charge is -2.08. The zero-order chi connectivity index (χ0) is 6.53. The zero-order valence-corrected chi connectivity index (χ0v) is 5.93. The van der Waals surface area contributed by atoms with Gasteiger partial charge in [0.05, 0.1) is 0 Å². The van der Waals surface area contributed by atoms with Crippen molar-refractivity contribution in [2.45, 2.75) is 32.5 Å². The van der Waals surface area contributed by atoms with Gasteiger partial charge in [0.15, 0.2) is 6.29 Å². The van der Waals surface area contributed by atoms with Crippen LogP contribution < -0.4 is 0 Å². The van der Waals surface area contributed by atoms with Gasteiger partial charge in [-0.05, 0) is 12.8 Å². The van der Waals surface area contributed by atoms with Gasteiger partial charge < -0.3 is 9.47 Å². The summed E-state index contributed by atoms with van der Waals surface area (Å²) in [7, 11) is 0. The Morgan fingerprint density at radius 2 is 2.56 bits per heavy atom. The normalized spacial score (nSPS) is 27.0. The molecule has 0 aromatic rings. The van der Waals surface area contributed by atoms with Crippen molar-refractivity contribution in [3.63, 3.8) is 0 Å². The molecular weight excluding hydrogens is 116 g/mol. The standard InChI is InChI=1S/C7H14O2/c1-2-5-8-7-4-3-6-9-7/h7H,2-6H2,1H3. The highest BCUT2D eigenvalue weighted by molar-refractivity contribution is 4.53. The van der Waals surface area contributed by atoms with Gasteiger partial charge in [0, 0.05) is 19.6 Å². The first-order valence-electron chi connectivity index (χ1n) is 3.66. The molecule has 1 unspecified atom stereocenters. The van der Waals surface area contributed by atoms with Gasteiger partial charge in [-0.3, -0.25) is 0 Å². The van der Waals surface area contributed by atoms with Crippen molar-refractivity contribution in [1.29, 1.82) is 0 Å². The van der Waals surface area contributed by atoms with Crippen molar-refractivity contribution in [1.82, 2.24) is 0 Å². The molecule has 2 nitrogen and oxygen atoms in total. The number of hydrogen-bond donors (Lipinski definition) is 0. The Labute approximate surface area is 56.2 Å². The lowest BCUT2D eigenvalue weighted by molar-refractivity contribution is -0.110. The van der Waals surface area contributed by atoms with E-state index in [0.29, 0.717) is 0 Å². The van der Waals surface area contributed by atoms with E-state index in [2.05, 4.69) is 6.92 Å². The van der Waals surface area contributed by atoms with E-state index in [-0.39, 0.29) is 6.29 Å². The molecule has 0 aromatic heterocycles. The van der Waals surface area contributed by atoms with Crippen LogP contribution >= 0.6 is 0 Å². The van der Waals surface area contributed by atoms with Crippen molar-refractivity contribution in [3.8, 4) is 0 Å². The van der Waals surface area contributed by atoms with E-state index in [1.807, 2.05) is 0 Å². The van der Waals surface area contributed by atoms with Crippen LogP contribution in [0.2, 0.25) is 0 Å². The van der Waals surface area contributed by atoms with Crippen LogP contribution in [0.3, 0.4) is 0 Å². The van der Waals surface area contributed by atoms with E-state index >= 15 is 0 Å². The average molecular weight is 130 g/mol. The highest BCUT2D eigenvalue weighted by atomic mass is 16.7. The topological polar surface area (TPSA) is 18.5 Å². The molecule has 1 saturated heterocycles. The molecule has 1 aliphatic heterocycles. The van der Waals surface area contributed by atoms with Crippen molar-refractivity contribution in [3.05, 3.63) is 0 Å². The first kappa shape index (κ1) is 7.03. The van der Waals surface area contributed by atoms with Crippen LogP contribution in [0.25, 0.3) is 0 Å².